The zero-order chi connectivity index (χ0) is 12.3. The first-order chi connectivity index (χ1) is 8.15. The number of amidine groups is 1. The molecule has 0 aliphatic heterocycles. The molecule has 92 valence electrons. The molecule has 4 heteroatoms. The number of nitrogens with zero attached hydrogens (tertiary/aromatic N) is 1. The van der Waals surface area contributed by atoms with Crippen molar-refractivity contribution < 1.29 is 0 Å². The van der Waals surface area contributed by atoms with Gasteiger partial charge in [-0.3, -0.25) is 10.3 Å². The highest BCUT2D eigenvalue weighted by Gasteiger charge is 2.28. The van der Waals surface area contributed by atoms with Crippen molar-refractivity contribution in [1.82, 2.24) is 4.90 Å². The summed E-state index contributed by atoms with van der Waals surface area (Å²) in [6, 6.07) is 8.65. The Labute approximate surface area is 107 Å². The van der Waals surface area contributed by atoms with E-state index >= 15 is 0 Å². The van der Waals surface area contributed by atoms with Gasteiger partial charge in [0, 0.05) is 30.6 Å². The number of nitrogens with two attached hydrogens (primary N) is 1. The van der Waals surface area contributed by atoms with E-state index in [1.165, 1.54) is 18.4 Å². The molecule has 1 aliphatic rings. The molecular weight excluding hydrogens is 234 g/mol. The molecular formula is C13H18ClN3. The minimum Gasteiger partial charge on any atom is -0.388 e. The predicted molar refractivity (Wildman–Crippen MR) is 71.4 cm³/mol. The molecule has 0 heterocycles. The fourth-order valence-electron chi connectivity index (χ4n) is 1.92. The van der Waals surface area contributed by atoms with E-state index in [0.29, 0.717) is 12.5 Å². The van der Waals surface area contributed by atoms with E-state index < -0.39 is 0 Å². The maximum atomic E-state index is 7.29. The second-order valence-electron chi connectivity index (χ2n) is 4.60. The molecule has 1 aromatic rings. The average Bonchev–Trinajstić information content (AvgIpc) is 3.10. The third-order valence-electron chi connectivity index (χ3n) is 3.03. The molecule has 2 rings (SSSR count). The minimum atomic E-state index is 0.270. The second kappa shape index (κ2) is 5.52. The van der Waals surface area contributed by atoms with E-state index in [9.17, 15) is 0 Å². The lowest BCUT2D eigenvalue weighted by molar-refractivity contribution is 0.262. The quantitative estimate of drug-likeness (QED) is 0.603. The maximum Gasteiger partial charge on any atom is 0.0918 e. The van der Waals surface area contributed by atoms with Gasteiger partial charge in [0.05, 0.1) is 5.84 Å². The van der Waals surface area contributed by atoms with Crippen LogP contribution in [0.15, 0.2) is 24.3 Å². The van der Waals surface area contributed by atoms with Crippen molar-refractivity contribution in [1.29, 1.82) is 5.41 Å². The van der Waals surface area contributed by atoms with Gasteiger partial charge in [-0.05, 0) is 30.5 Å². The molecule has 0 saturated heterocycles. The van der Waals surface area contributed by atoms with Gasteiger partial charge in [-0.2, -0.15) is 0 Å². The highest BCUT2D eigenvalue weighted by Crippen LogP contribution is 2.28. The van der Waals surface area contributed by atoms with E-state index in [4.69, 9.17) is 22.7 Å². The summed E-state index contributed by atoms with van der Waals surface area (Å²) in [7, 11) is 0. The van der Waals surface area contributed by atoms with Crippen LogP contribution in [0.3, 0.4) is 0 Å². The molecule has 0 spiro atoms. The SMILES string of the molecule is N=C(N)CCN(Cc1ccc(Cl)cc1)C1CC1. The smallest absolute Gasteiger partial charge is 0.0918 e. The fraction of sp³-hybridized carbons (Fsp3) is 0.462. The average molecular weight is 252 g/mol. The van der Waals surface area contributed by atoms with Crippen molar-refractivity contribution in [3.05, 3.63) is 34.9 Å². The molecule has 1 aliphatic carbocycles. The van der Waals surface area contributed by atoms with Crippen LogP contribution in [0.4, 0.5) is 0 Å². The third-order valence-corrected chi connectivity index (χ3v) is 3.28. The summed E-state index contributed by atoms with van der Waals surface area (Å²) in [5.74, 6) is 0.270. The van der Waals surface area contributed by atoms with Crippen LogP contribution in [0.25, 0.3) is 0 Å². The largest absolute Gasteiger partial charge is 0.388 e. The molecule has 3 N–H and O–H groups in total. The molecule has 0 bridgehead atoms. The van der Waals surface area contributed by atoms with Crippen LogP contribution in [0, 0.1) is 5.41 Å². The van der Waals surface area contributed by atoms with Crippen molar-refractivity contribution in [2.75, 3.05) is 6.54 Å². The number of hydrogen-bond donors (Lipinski definition) is 2. The fourth-order valence-corrected chi connectivity index (χ4v) is 2.04. The molecule has 0 unspecified atom stereocenters. The van der Waals surface area contributed by atoms with Gasteiger partial charge in [0.25, 0.3) is 0 Å². The normalized spacial score (nSPS) is 15.2. The molecule has 0 radical (unpaired) electrons. The molecule has 0 aromatic heterocycles. The van der Waals surface area contributed by atoms with Gasteiger partial charge in [-0.25, -0.2) is 0 Å². The van der Waals surface area contributed by atoms with Crippen LogP contribution >= 0.6 is 11.6 Å². The number of rotatable bonds is 6. The van der Waals surface area contributed by atoms with Crippen LogP contribution in [-0.2, 0) is 6.54 Å². The Morgan fingerprint density at radius 1 is 1.35 bits per heavy atom. The summed E-state index contributed by atoms with van der Waals surface area (Å²) in [5.41, 5.74) is 6.68. The van der Waals surface area contributed by atoms with E-state index in [1.54, 1.807) is 0 Å². The van der Waals surface area contributed by atoms with E-state index in [1.807, 2.05) is 12.1 Å². The van der Waals surface area contributed by atoms with Gasteiger partial charge >= 0.3 is 0 Å². The predicted octanol–water partition coefficient (Wildman–Crippen LogP) is 2.63. The standard InChI is InChI=1S/C13H18ClN3/c14-11-3-1-10(2-4-11)9-17(12-5-6-12)8-7-13(15)16/h1-4,12H,5-9H2,(H3,15,16). The van der Waals surface area contributed by atoms with Gasteiger partial charge in [0.15, 0.2) is 0 Å². The van der Waals surface area contributed by atoms with Crippen molar-refractivity contribution >= 4 is 17.4 Å². The summed E-state index contributed by atoms with van der Waals surface area (Å²) >= 11 is 5.87. The number of halogens is 1. The van der Waals surface area contributed by atoms with Crippen molar-refractivity contribution in [3.63, 3.8) is 0 Å². The first-order valence-electron chi connectivity index (χ1n) is 5.96. The number of hydrogen-bond acceptors (Lipinski definition) is 2. The summed E-state index contributed by atoms with van der Waals surface area (Å²) < 4.78 is 0. The van der Waals surface area contributed by atoms with Gasteiger partial charge < -0.3 is 5.73 Å². The van der Waals surface area contributed by atoms with Crippen molar-refractivity contribution in [2.24, 2.45) is 5.73 Å². The maximum absolute atomic E-state index is 7.29. The zero-order valence-electron chi connectivity index (χ0n) is 9.82. The highest BCUT2D eigenvalue weighted by molar-refractivity contribution is 6.30. The molecule has 0 atom stereocenters. The Morgan fingerprint density at radius 3 is 2.53 bits per heavy atom. The summed E-state index contributed by atoms with van der Waals surface area (Å²) in [6.07, 6.45) is 3.20. The van der Waals surface area contributed by atoms with Crippen LogP contribution in [-0.4, -0.2) is 23.3 Å². The van der Waals surface area contributed by atoms with Gasteiger partial charge in [-0.1, -0.05) is 23.7 Å². The Kier molecular flexibility index (Phi) is 4.02. The Hall–Kier alpha value is -1.06. The summed E-state index contributed by atoms with van der Waals surface area (Å²) in [6.45, 7) is 1.80. The molecule has 1 aromatic carbocycles. The molecule has 1 saturated carbocycles. The number of nitrogens with one attached hydrogen (secondary N) is 1. The van der Waals surface area contributed by atoms with Gasteiger partial charge in [0.1, 0.15) is 0 Å². The lowest BCUT2D eigenvalue weighted by Gasteiger charge is -2.21. The van der Waals surface area contributed by atoms with Crippen LogP contribution in [0.5, 0.6) is 0 Å². The third kappa shape index (κ3) is 4.02. The lowest BCUT2D eigenvalue weighted by Crippen LogP contribution is -2.29. The Bertz CT molecular complexity index is 384. The van der Waals surface area contributed by atoms with Crippen molar-refractivity contribution in [2.45, 2.75) is 31.8 Å². The van der Waals surface area contributed by atoms with Crippen molar-refractivity contribution in [3.8, 4) is 0 Å². The summed E-state index contributed by atoms with van der Waals surface area (Å²) in [5, 5.41) is 8.06. The Balaban J connectivity index is 1.92. The van der Waals surface area contributed by atoms with E-state index in [0.717, 1.165) is 18.1 Å². The Morgan fingerprint density at radius 2 is 2.00 bits per heavy atom. The highest BCUT2D eigenvalue weighted by atomic mass is 35.5. The second-order valence-corrected chi connectivity index (χ2v) is 5.04. The topological polar surface area (TPSA) is 53.1 Å². The molecule has 17 heavy (non-hydrogen) atoms. The first kappa shape index (κ1) is 12.4. The zero-order valence-corrected chi connectivity index (χ0v) is 10.6. The first-order valence-corrected chi connectivity index (χ1v) is 6.34. The van der Waals surface area contributed by atoms with Crippen LogP contribution in [0.2, 0.25) is 5.02 Å². The van der Waals surface area contributed by atoms with E-state index in [-0.39, 0.29) is 5.84 Å². The molecule has 0 amide bonds. The van der Waals surface area contributed by atoms with Crippen LogP contribution < -0.4 is 5.73 Å². The van der Waals surface area contributed by atoms with Gasteiger partial charge in [0.2, 0.25) is 0 Å². The summed E-state index contributed by atoms with van der Waals surface area (Å²) in [4.78, 5) is 2.41. The lowest BCUT2D eigenvalue weighted by atomic mass is 10.2. The monoisotopic (exact) mass is 251 g/mol. The number of benzene rings is 1. The van der Waals surface area contributed by atoms with E-state index in [2.05, 4.69) is 17.0 Å². The molecule has 3 nitrogen and oxygen atoms in total. The minimum absolute atomic E-state index is 0.270. The van der Waals surface area contributed by atoms with Gasteiger partial charge in [-0.15, -0.1) is 0 Å². The van der Waals surface area contributed by atoms with Crippen LogP contribution in [0.1, 0.15) is 24.8 Å². The molecule has 1 fully saturated rings.